The van der Waals surface area contributed by atoms with Crippen LogP contribution >= 0.6 is 0 Å². The molecule has 0 aromatic rings. The van der Waals surface area contributed by atoms with Crippen molar-refractivity contribution in [3.63, 3.8) is 0 Å². The van der Waals surface area contributed by atoms with Crippen LogP contribution in [0.2, 0.25) is 0 Å². The normalized spacial score (nSPS) is 42.3. The van der Waals surface area contributed by atoms with Crippen molar-refractivity contribution in [1.29, 1.82) is 0 Å². The van der Waals surface area contributed by atoms with Gasteiger partial charge in [0.25, 0.3) is 0 Å². The van der Waals surface area contributed by atoms with E-state index in [1.165, 1.54) is 0 Å². The second kappa shape index (κ2) is 3.72. The first-order chi connectivity index (χ1) is 7.29. The van der Waals surface area contributed by atoms with Gasteiger partial charge in [-0.15, -0.1) is 0 Å². The summed E-state index contributed by atoms with van der Waals surface area (Å²) in [5, 5.41) is 0. The van der Waals surface area contributed by atoms with E-state index in [0.29, 0.717) is 23.7 Å². The Morgan fingerprint density at radius 1 is 1.19 bits per heavy atom. The maximum absolute atomic E-state index is 11.8. The van der Waals surface area contributed by atoms with Gasteiger partial charge < -0.3 is 0 Å². The van der Waals surface area contributed by atoms with Crippen molar-refractivity contribution in [3.05, 3.63) is 0 Å². The van der Waals surface area contributed by atoms with Gasteiger partial charge in [0, 0.05) is 5.92 Å². The van der Waals surface area contributed by atoms with E-state index >= 15 is 0 Å². The van der Waals surface area contributed by atoms with Crippen molar-refractivity contribution in [2.24, 2.45) is 29.6 Å². The van der Waals surface area contributed by atoms with E-state index in [9.17, 15) is 13.2 Å². The molecule has 4 nitrogen and oxygen atoms in total. The minimum atomic E-state index is -3.41. The number of sulfonamides is 1. The summed E-state index contributed by atoms with van der Waals surface area (Å²) >= 11 is 0. The molecule has 92 valence electrons. The van der Waals surface area contributed by atoms with Crippen molar-refractivity contribution in [2.45, 2.75) is 26.7 Å². The molecule has 1 amide bonds. The van der Waals surface area contributed by atoms with Crippen LogP contribution in [0.25, 0.3) is 0 Å². The molecule has 2 rings (SSSR count). The summed E-state index contributed by atoms with van der Waals surface area (Å²) in [7, 11) is -3.41. The van der Waals surface area contributed by atoms with Gasteiger partial charge in [-0.1, -0.05) is 13.8 Å². The van der Waals surface area contributed by atoms with Gasteiger partial charge in [-0.2, -0.15) is 0 Å². The van der Waals surface area contributed by atoms with Crippen LogP contribution < -0.4 is 4.72 Å². The van der Waals surface area contributed by atoms with E-state index < -0.39 is 10.0 Å². The minimum Gasteiger partial charge on any atom is -0.274 e. The monoisotopic (exact) mass is 245 g/mol. The number of rotatable bonds is 2. The van der Waals surface area contributed by atoms with E-state index in [2.05, 4.69) is 18.6 Å². The van der Waals surface area contributed by atoms with Crippen LogP contribution in [0, 0.1) is 29.6 Å². The molecule has 0 saturated heterocycles. The molecule has 5 unspecified atom stereocenters. The third-order valence-electron chi connectivity index (χ3n) is 4.52. The fourth-order valence-corrected chi connectivity index (χ4v) is 4.02. The second-order valence-electron chi connectivity index (χ2n) is 5.46. The van der Waals surface area contributed by atoms with Crippen LogP contribution in [0.1, 0.15) is 26.7 Å². The third kappa shape index (κ3) is 1.97. The maximum Gasteiger partial charge on any atom is 0.236 e. The van der Waals surface area contributed by atoms with Crippen molar-refractivity contribution in [1.82, 2.24) is 4.72 Å². The quantitative estimate of drug-likeness (QED) is 0.789. The van der Waals surface area contributed by atoms with Gasteiger partial charge in [0.15, 0.2) is 0 Å². The van der Waals surface area contributed by atoms with Crippen LogP contribution in [-0.2, 0) is 14.8 Å². The lowest BCUT2D eigenvalue weighted by molar-refractivity contribution is -0.125. The Morgan fingerprint density at radius 3 is 2.25 bits per heavy atom. The highest BCUT2D eigenvalue weighted by molar-refractivity contribution is 7.89. The molecule has 16 heavy (non-hydrogen) atoms. The largest absolute Gasteiger partial charge is 0.274 e. The molecule has 2 saturated carbocycles. The number of fused-ring (bicyclic) bond motifs is 2. The SMILES string of the molecule is CC1C2CC(C(=O)NS(C)(=O)=O)C(C2)C1C. The molecule has 2 bridgehead atoms. The molecule has 0 spiro atoms. The average Bonchev–Trinajstić information content (AvgIpc) is 2.65. The Labute approximate surface area is 96.8 Å². The molecule has 0 heterocycles. The van der Waals surface area contributed by atoms with Crippen LogP contribution in [0.4, 0.5) is 0 Å². The van der Waals surface area contributed by atoms with Crippen LogP contribution in [0.3, 0.4) is 0 Å². The smallest absolute Gasteiger partial charge is 0.236 e. The number of carbonyl (C=O) groups is 1. The zero-order chi connectivity index (χ0) is 12.1. The summed E-state index contributed by atoms with van der Waals surface area (Å²) in [6.45, 7) is 4.41. The molecule has 2 aliphatic rings. The lowest BCUT2D eigenvalue weighted by Crippen LogP contribution is -2.39. The fraction of sp³-hybridized carbons (Fsp3) is 0.909. The number of amides is 1. The molecule has 5 heteroatoms. The molecule has 1 N–H and O–H groups in total. The first-order valence-electron chi connectivity index (χ1n) is 5.81. The van der Waals surface area contributed by atoms with Gasteiger partial charge >= 0.3 is 0 Å². The van der Waals surface area contributed by atoms with E-state index in [1.54, 1.807) is 0 Å². The summed E-state index contributed by atoms with van der Waals surface area (Å²) in [4.78, 5) is 11.8. The molecule has 2 fully saturated rings. The zero-order valence-corrected chi connectivity index (χ0v) is 10.8. The standard InChI is InChI=1S/C11H19NO3S/c1-6-7(2)9-4-8(6)5-10(9)11(13)12-16(3,14)15/h6-10H,4-5H2,1-3H3,(H,12,13). The highest BCUT2D eigenvalue weighted by Crippen LogP contribution is 2.54. The Balaban J connectivity index is 2.07. The molecular formula is C11H19NO3S. The number of hydrogen-bond acceptors (Lipinski definition) is 3. The highest BCUT2D eigenvalue weighted by Gasteiger charge is 2.51. The molecule has 0 aromatic heterocycles. The first kappa shape index (κ1) is 11.9. The topological polar surface area (TPSA) is 63.2 Å². The molecule has 5 atom stereocenters. The van der Waals surface area contributed by atoms with Gasteiger partial charge in [0.1, 0.15) is 0 Å². The van der Waals surface area contributed by atoms with Gasteiger partial charge in [0.2, 0.25) is 15.9 Å². The van der Waals surface area contributed by atoms with Gasteiger partial charge in [-0.25, -0.2) is 8.42 Å². The third-order valence-corrected chi connectivity index (χ3v) is 5.09. The molecule has 2 aliphatic carbocycles. The summed E-state index contributed by atoms with van der Waals surface area (Å²) in [5.74, 6) is 1.80. The summed E-state index contributed by atoms with van der Waals surface area (Å²) in [6.07, 6.45) is 2.98. The lowest BCUT2D eigenvalue weighted by Gasteiger charge is -2.30. The molecule has 0 aliphatic heterocycles. The molecule has 0 aromatic carbocycles. The Morgan fingerprint density at radius 2 is 1.81 bits per heavy atom. The van der Waals surface area contributed by atoms with Gasteiger partial charge in [0.05, 0.1) is 6.26 Å². The Hall–Kier alpha value is -0.580. The fourth-order valence-electron chi connectivity index (χ4n) is 3.50. The predicted octanol–water partition coefficient (Wildman–Crippen LogP) is 0.990. The predicted molar refractivity (Wildman–Crippen MR) is 61.0 cm³/mol. The molecule has 0 radical (unpaired) electrons. The zero-order valence-electron chi connectivity index (χ0n) is 9.93. The van der Waals surface area contributed by atoms with Crippen molar-refractivity contribution in [3.8, 4) is 0 Å². The lowest BCUT2D eigenvalue weighted by atomic mass is 9.75. The van der Waals surface area contributed by atoms with Crippen LogP contribution in [0.15, 0.2) is 0 Å². The number of nitrogens with one attached hydrogen (secondary N) is 1. The number of hydrogen-bond donors (Lipinski definition) is 1. The highest BCUT2D eigenvalue weighted by atomic mass is 32.2. The van der Waals surface area contributed by atoms with Gasteiger partial charge in [-0.3, -0.25) is 9.52 Å². The Bertz CT molecular complexity index is 401. The van der Waals surface area contributed by atoms with Crippen LogP contribution in [-0.4, -0.2) is 20.6 Å². The van der Waals surface area contributed by atoms with Crippen molar-refractivity contribution < 1.29 is 13.2 Å². The summed E-state index contributed by atoms with van der Waals surface area (Å²) < 4.78 is 24.2. The summed E-state index contributed by atoms with van der Waals surface area (Å²) in [5.41, 5.74) is 0. The average molecular weight is 245 g/mol. The minimum absolute atomic E-state index is 0.0917. The summed E-state index contributed by atoms with van der Waals surface area (Å²) in [6, 6.07) is 0. The van der Waals surface area contributed by atoms with E-state index in [1.807, 2.05) is 0 Å². The molecular weight excluding hydrogens is 226 g/mol. The van der Waals surface area contributed by atoms with Gasteiger partial charge in [-0.05, 0) is 36.5 Å². The number of carbonyl (C=O) groups excluding carboxylic acids is 1. The first-order valence-corrected chi connectivity index (χ1v) is 7.70. The van der Waals surface area contributed by atoms with Crippen LogP contribution in [0.5, 0.6) is 0 Å². The van der Waals surface area contributed by atoms with E-state index in [0.717, 1.165) is 19.1 Å². The maximum atomic E-state index is 11.8. The van der Waals surface area contributed by atoms with Crippen molar-refractivity contribution >= 4 is 15.9 Å². The van der Waals surface area contributed by atoms with E-state index in [4.69, 9.17) is 0 Å². The van der Waals surface area contributed by atoms with E-state index in [-0.39, 0.29) is 11.8 Å². The van der Waals surface area contributed by atoms with Crippen molar-refractivity contribution in [2.75, 3.05) is 6.26 Å². The second-order valence-corrected chi connectivity index (χ2v) is 7.21. The Kier molecular flexibility index (Phi) is 2.77.